The first-order valence-electron chi connectivity index (χ1n) is 6.61. The number of carboxylic acids is 1. The van der Waals surface area contributed by atoms with Crippen LogP contribution in [0.2, 0.25) is 5.02 Å². The van der Waals surface area contributed by atoms with E-state index in [0.717, 1.165) is 16.9 Å². The summed E-state index contributed by atoms with van der Waals surface area (Å²) in [7, 11) is 0. The lowest BCUT2D eigenvalue weighted by Crippen LogP contribution is -2.28. The fourth-order valence-corrected chi connectivity index (χ4v) is 3.11. The number of aromatic nitrogens is 1. The largest absolute Gasteiger partial charge is 0.477 e. The molecule has 1 aromatic carbocycles. The molecule has 0 radical (unpaired) electrons. The maximum absolute atomic E-state index is 12.0. The first-order valence-corrected chi connectivity index (χ1v) is 7.80. The third-order valence-electron chi connectivity index (χ3n) is 3.01. The van der Waals surface area contributed by atoms with Gasteiger partial charge in [0.25, 0.3) is 0 Å². The predicted molar refractivity (Wildman–Crippen MR) is 85.5 cm³/mol. The molecule has 5 nitrogen and oxygen atoms in total. The molecule has 1 unspecified atom stereocenters. The third kappa shape index (κ3) is 4.05. The minimum Gasteiger partial charge on any atom is -0.477 e. The highest BCUT2D eigenvalue weighted by Crippen LogP contribution is 2.23. The number of benzene rings is 1. The average Bonchev–Trinajstić information content (AvgIpc) is 2.81. The van der Waals surface area contributed by atoms with Crippen molar-refractivity contribution in [2.45, 2.75) is 26.3 Å². The maximum atomic E-state index is 12.0. The highest BCUT2D eigenvalue weighted by molar-refractivity contribution is 7.13. The van der Waals surface area contributed by atoms with Crippen molar-refractivity contribution in [3.05, 3.63) is 50.4 Å². The van der Waals surface area contributed by atoms with Gasteiger partial charge >= 0.3 is 5.97 Å². The zero-order chi connectivity index (χ0) is 16.3. The van der Waals surface area contributed by atoms with Gasteiger partial charge in [0, 0.05) is 5.02 Å². The molecule has 2 rings (SSSR count). The lowest BCUT2D eigenvalue weighted by molar-refractivity contribution is -0.121. The van der Waals surface area contributed by atoms with Crippen LogP contribution in [0.3, 0.4) is 0 Å². The van der Waals surface area contributed by atoms with Crippen molar-refractivity contribution >= 4 is 34.8 Å². The molecule has 0 spiro atoms. The van der Waals surface area contributed by atoms with Crippen LogP contribution in [0.15, 0.2) is 24.3 Å². The van der Waals surface area contributed by atoms with Crippen LogP contribution in [0.1, 0.15) is 38.9 Å². The summed E-state index contributed by atoms with van der Waals surface area (Å²) in [5.74, 6) is -1.17. The zero-order valence-electron chi connectivity index (χ0n) is 12.1. The Morgan fingerprint density at radius 2 is 2.18 bits per heavy atom. The molecule has 7 heteroatoms. The second-order valence-corrected chi connectivity index (χ2v) is 6.33. The van der Waals surface area contributed by atoms with Gasteiger partial charge in [0.2, 0.25) is 5.91 Å². The molecule has 1 amide bonds. The minimum atomic E-state index is -1.00. The van der Waals surface area contributed by atoms with E-state index in [9.17, 15) is 9.59 Å². The molecule has 116 valence electrons. The Labute approximate surface area is 137 Å². The lowest BCUT2D eigenvalue weighted by atomic mass is 10.1. The zero-order valence-corrected chi connectivity index (χ0v) is 13.7. The first kappa shape index (κ1) is 16.5. The predicted octanol–water partition coefficient (Wildman–Crippen LogP) is 3.22. The van der Waals surface area contributed by atoms with Gasteiger partial charge in [0.05, 0.1) is 18.2 Å². The second-order valence-electron chi connectivity index (χ2n) is 4.87. The molecule has 0 bridgehead atoms. The summed E-state index contributed by atoms with van der Waals surface area (Å²) in [5, 5.41) is 13.0. The summed E-state index contributed by atoms with van der Waals surface area (Å²) >= 11 is 6.96. The summed E-state index contributed by atoms with van der Waals surface area (Å²) in [6.07, 6.45) is 0.209. The summed E-state index contributed by atoms with van der Waals surface area (Å²) in [6.45, 7) is 3.42. The third-order valence-corrected chi connectivity index (χ3v) is 4.57. The number of carbonyl (C=O) groups is 2. The normalized spacial score (nSPS) is 12.0. The first-order chi connectivity index (χ1) is 10.4. The topological polar surface area (TPSA) is 79.3 Å². The molecule has 2 N–H and O–H groups in total. The van der Waals surface area contributed by atoms with Crippen LogP contribution in [-0.4, -0.2) is 22.0 Å². The molecule has 2 aromatic rings. The number of rotatable bonds is 5. The molecule has 0 saturated heterocycles. The van der Waals surface area contributed by atoms with Crippen molar-refractivity contribution in [1.82, 2.24) is 10.3 Å². The molecular formula is C15H15ClN2O3S. The Morgan fingerprint density at radius 3 is 2.77 bits per heavy atom. The molecular weight excluding hydrogens is 324 g/mol. The van der Waals surface area contributed by atoms with Gasteiger partial charge in [0.15, 0.2) is 0 Å². The van der Waals surface area contributed by atoms with Crippen molar-refractivity contribution in [3.63, 3.8) is 0 Å². The quantitative estimate of drug-likeness (QED) is 0.877. The van der Waals surface area contributed by atoms with Gasteiger partial charge in [0.1, 0.15) is 9.88 Å². The number of carbonyl (C=O) groups excluding carboxylic acids is 1. The van der Waals surface area contributed by atoms with E-state index in [1.165, 1.54) is 0 Å². The van der Waals surface area contributed by atoms with Gasteiger partial charge in [-0.05, 0) is 31.5 Å². The number of hydrogen-bond acceptors (Lipinski definition) is 4. The Morgan fingerprint density at radius 1 is 1.45 bits per heavy atom. The molecule has 0 aliphatic heterocycles. The van der Waals surface area contributed by atoms with Gasteiger partial charge in [-0.15, -0.1) is 11.3 Å². The Balaban J connectivity index is 2.02. The monoisotopic (exact) mass is 338 g/mol. The number of nitrogens with one attached hydrogen (secondary N) is 1. The van der Waals surface area contributed by atoms with Crippen LogP contribution in [0.4, 0.5) is 0 Å². The molecule has 0 saturated carbocycles. The van der Waals surface area contributed by atoms with E-state index in [0.29, 0.717) is 15.7 Å². The van der Waals surface area contributed by atoms with E-state index in [2.05, 4.69) is 10.3 Å². The van der Waals surface area contributed by atoms with Gasteiger partial charge < -0.3 is 10.4 Å². The standard InChI is InChI=1S/C15H15ClN2O3S/c1-8-13(15(20)21)22-14(18-8)9(2)17-12(19)7-10-4-3-5-11(16)6-10/h3-6,9H,7H2,1-2H3,(H,17,19)(H,20,21). The van der Waals surface area contributed by atoms with Crippen LogP contribution in [0, 0.1) is 6.92 Å². The van der Waals surface area contributed by atoms with Crippen LogP contribution in [0.25, 0.3) is 0 Å². The SMILES string of the molecule is Cc1nc(C(C)NC(=O)Cc2cccc(Cl)c2)sc1C(=O)O. The average molecular weight is 339 g/mol. The number of hydrogen-bond donors (Lipinski definition) is 2. The summed E-state index contributed by atoms with van der Waals surface area (Å²) in [6, 6.07) is 6.76. The summed E-state index contributed by atoms with van der Waals surface area (Å²) in [5.41, 5.74) is 1.28. The fourth-order valence-electron chi connectivity index (χ4n) is 1.99. The Bertz CT molecular complexity index is 715. The molecule has 1 atom stereocenters. The number of amides is 1. The van der Waals surface area contributed by atoms with Crippen molar-refractivity contribution in [2.75, 3.05) is 0 Å². The molecule has 0 aliphatic rings. The Kier molecular flexibility index (Phi) is 5.15. The number of halogens is 1. The van der Waals surface area contributed by atoms with Crippen LogP contribution < -0.4 is 5.32 Å². The number of aryl methyl sites for hydroxylation is 1. The minimum absolute atomic E-state index is 0.167. The number of thiazole rings is 1. The Hall–Kier alpha value is -1.92. The van der Waals surface area contributed by atoms with Gasteiger partial charge in [-0.25, -0.2) is 9.78 Å². The highest BCUT2D eigenvalue weighted by Gasteiger charge is 2.19. The molecule has 0 aliphatic carbocycles. The van der Waals surface area contributed by atoms with Gasteiger partial charge in [-0.2, -0.15) is 0 Å². The molecule has 1 heterocycles. The van der Waals surface area contributed by atoms with E-state index in [-0.39, 0.29) is 23.2 Å². The van der Waals surface area contributed by atoms with Crippen LogP contribution in [-0.2, 0) is 11.2 Å². The molecule has 22 heavy (non-hydrogen) atoms. The van der Waals surface area contributed by atoms with Gasteiger partial charge in [-0.1, -0.05) is 23.7 Å². The maximum Gasteiger partial charge on any atom is 0.347 e. The molecule has 1 aromatic heterocycles. The van der Waals surface area contributed by atoms with Crippen LogP contribution in [0.5, 0.6) is 0 Å². The van der Waals surface area contributed by atoms with Crippen molar-refractivity contribution in [3.8, 4) is 0 Å². The fraction of sp³-hybridized carbons (Fsp3) is 0.267. The van der Waals surface area contributed by atoms with E-state index in [1.54, 1.807) is 32.0 Å². The number of carboxylic acid groups (broad SMARTS) is 1. The number of nitrogens with zero attached hydrogens (tertiary/aromatic N) is 1. The highest BCUT2D eigenvalue weighted by atomic mass is 35.5. The van der Waals surface area contributed by atoms with E-state index in [4.69, 9.17) is 16.7 Å². The van der Waals surface area contributed by atoms with Crippen LogP contribution >= 0.6 is 22.9 Å². The van der Waals surface area contributed by atoms with E-state index < -0.39 is 5.97 Å². The second kappa shape index (κ2) is 6.89. The number of aromatic carboxylic acids is 1. The van der Waals surface area contributed by atoms with E-state index in [1.807, 2.05) is 6.07 Å². The van der Waals surface area contributed by atoms with E-state index >= 15 is 0 Å². The van der Waals surface area contributed by atoms with Crippen molar-refractivity contribution in [1.29, 1.82) is 0 Å². The summed E-state index contributed by atoms with van der Waals surface area (Å²) < 4.78 is 0. The molecule has 0 fully saturated rings. The van der Waals surface area contributed by atoms with Crippen molar-refractivity contribution < 1.29 is 14.7 Å². The van der Waals surface area contributed by atoms with Crippen molar-refractivity contribution in [2.24, 2.45) is 0 Å². The summed E-state index contributed by atoms with van der Waals surface area (Å²) in [4.78, 5) is 27.5. The van der Waals surface area contributed by atoms with Gasteiger partial charge in [-0.3, -0.25) is 4.79 Å². The lowest BCUT2D eigenvalue weighted by Gasteiger charge is -2.11. The smallest absolute Gasteiger partial charge is 0.347 e.